The van der Waals surface area contributed by atoms with Crippen LogP contribution in [-0.2, 0) is 6.42 Å². The number of ether oxygens (including phenoxy) is 3. The normalized spacial score (nSPS) is 18.1. The fraction of sp³-hybridized carbons (Fsp3) is 0.304. The molecule has 0 aliphatic carbocycles. The quantitative estimate of drug-likeness (QED) is 0.590. The standard InChI is InChI=1S/C23H22F3NO3/c1-3-6-29-22-7-12-4-5-20-14(13(12)10-21(22)28-2)9-19(27)23(30-20)15-8-17(25)18(26)11-16(15)24/h4-5,7-8,10-11,19,23H,3,6,9,27H2,1-2H3/t19-,23+/m0/s1. The highest BCUT2D eigenvalue weighted by molar-refractivity contribution is 5.91. The average Bonchev–Trinajstić information content (AvgIpc) is 2.73. The largest absolute Gasteiger partial charge is 0.493 e. The first-order valence-corrected chi connectivity index (χ1v) is 9.76. The predicted octanol–water partition coefficient (Wildman–Crippen LogP) is 5.06. The molecule has 30 heavy (non-hydrogen) atoms. The van der Waals surface area contributed by atoms with E-state index in [0.29, 0.717) is 36.3 Å². The lowest BCUT2D eigenvalue weighted by molar-refractivity contribution is 0.149. The Morgan fingerprint density at radius 1 is 1.03 bits per heavy atom. The van der Waals surface area contributed by atoms with E-state index < -0.39 is 29.6 Å². The zero-order chi connectivity index (χ0) is 21.4. The van der Waals surface area contributed by atoms with E-state index in [-0.39, 0.29) is 5.56 Å². The van der Waals surface area contributed by atoms with E-state index in [2.05, 4.69) is 0 Å². The number of halogens is 3. The summed E-state index contributed by atoms with van der Waals surface area (Å²) < 4.78 is 58.5. The maximum absolute atomic E-state index is 14.3. The van der Waals surface area contributed by atoms with Gasteiger partial charge in [-0.2, -0.15) is 0 Å². The van der Waals surface area contributed by atoms with E-state index in [0.717, 1.165) is 28.8 Å². The van der Waals surface area contributed by atoms with Crippen molar-refractivity contribution in [3.8, 4) is 17.2 Å². The van der Waals surface area contributed by atoms with Crippen LogP contribution in [-0.4, -0.2) is 19.8 Å². The van der Waals surface area contributed by atoms with Gasteiger partial charge in [0.15, 0.2) is 23.1 Å². The molecule has 158 valence electrons. The highest BCUT2D eigenvalue weighted by Crippen LogP contribution is 2.42. The smallest absolute Gasteiger partial charge is 0.161 e. The van der Waals surface area contributed by atoms with Crippen molar-refractivity contribution >= 4 is 10.8 Å². The molecule has 1 aliphatic rings. The molecule has 0 saturated heterocycles. The molecule has 2 atom stereocenters. The first-order chi connectivity index (χ1) is 14.4. The van der Waals surface area contributed by atoms with Gasteiger partial charge >= 0.3 is 0 Å². The van der Waals surface area contributed by atoms with Gasteiger partial charge in [0, 0.05) is 17.2 Å². The third-order valence-corrected chi connectivity index (χ3v) is 5.26. The molecule has 4 nitrogen and oxygen atoms in total. The number of rotatable bonds is 5. The molecule has 0 unspecified atom stereocenters. The van der Waals surface area contributed by atoms with Crippen LogP contribution in [0.4, 0.5) is 13.2 Å². The van der Waals surface area contributed by atoms with Gasteiger partial charge < -0.3 is 19.9 Å². The van der Waals surface area contributed by atoms with Gasteiger partial charge in [0.25, 0.3) is 0 Å². The summed E-state index contributed by atoms with van der Waals surface area (Å²) in [5, 5.41) is 1.81. The summed E-state index contributed by atoms with van der Waals surface area (Å²) >= 11 is 0. The summed E-state index contributed by atoms with van der Waals surface area (Å²) in [5.74, 6) is -1.53. The Hall–Kier alpha value is -2.93. The zero-order valence-electron chi connectivity index (χ0n) is 16.7. The summed E-state index contributed by atoms with van der Waals surface area (Å²) in [6, 6.07) is 8.07. The van der Waals surface area contributed by atoms with Crippen molar-refractivity contribution < 1.29 is 27.4 Å². The Balaban J connectivity index is 1.76. The lowest BCUT2D eigenvalue weighted by Crippen LogP contribution is -2.38. The molecule has 7 heteroatoms. The Labute approximate surface area is 172 Å². The van der Waals surface area contributed by atoms with Crippen LogP contribution in [0.25, 0.3) is 10.8 Å². The second-order valence-corrected chi connectivity index (χ2v) is 7.31. The van der Waals surface area contributed by atoms with Crippen LogP contribution < -0.4 is 19.9 Å². The zero-order valence-corrected chi connectivity index (χ0v) is 16.7. The molecule has 3 aromatic carbocycles. The molecule has 3 aromatic rings. The van der Waals surface area contributed by atoms with E-state index in [1.165, 1.54) is 0 Å². The van der Waals surface area contributed by atoms with Gasteiger partial charge in [0.2, 0.25) is 0 Å². The highest BCUT2D eigenvalue weighted by Gasteiger charge is 2.32. The van der Waals surface area contributed by atoms with Crippen LogP contribution in [0, 0.1) is 17.5 Å². The molecular formula is C23H22F3NO3. The fourth-order valence-electron chi connectivity index (χ4n) is 3.80. The number of nitrogens with two attached hydrogens (primary N) is 1. The second kappa shape index (κ2) is 8.07. The number of methoxy groups -OCH3 is 1. The number of fused-ring (bicyclic) bond motifs is 3. The first kappa shape index (κ1) is 20.3. The molecule has 0 fully saturated rings. The molecule has 0 spiro atoms. The van der Waals surface area contributed by atoms with Crippen molar-refractivity contribution in [2.75, 3.05) is 13.7 Å². The Morgan fingerprint density at radius 2 is 1.80 bits per heavy atom. The molecule has 1 aliphatic heterocycles. The Kier molecular flexibility index (Phi) is 5.47. The average molecular weight is 417 g/mol. The molecule has 0 aromatic heterocycles. The molecule has 0 bridgehead atoms. The van der Waals surface area contributed by atoms with Gasteiger partial charge in [-0.3, -0.25) is 0 Å². The topological polar surface area (TPSA) is 53.7 Å². The third-order valence-electron chi connectivity index (χ3n) is 5.26. The van der Waals surface area contributed by atoms with Crippen molar-refractivity contribution in [2.24, 2.45) is 5.73 Å². The lowest BCUT2D eigenvalue weighted by Gasteiger charge is -2.32. The van der Waals surface area contributed by atoms with Gasteiger partial charge in [-0.05, 0) is 47.9 Å². The van der Waals surface area contributed by atoms with Crippen LogP contribution in [0.2, 0.25) is 0 Å². The molecule has 1 heterocycles. The maximum Gasteiger partial charge on any atom is 0.161 e. The first-order valence-electron chi connectivity index (χ1n) is 9.76. The van der Waals surface area contributed by atoms with Gasteiger partial charge in [-0.25, -0.2) is 13.2 Å². The van der Waals surface area contributed by atoms with Crippen molar-refractivity contribution in [3.05, 3.63) is 65.0 Å². The SMILES string of the molecule is CCCOc1cc2ccc3c(c2cc1OC)C[C@H](N)[C@@H](c1cc(F)c(F)cc1F)O3. The van der Waals surface area contributed by atoms with Gasteiger partial charge in [0.05, 0.1) is 19.8 Å². The number of benzene rings is 3. The van der Waals surface area contributed by atoms with Crippen LogP contribution in [0.1, 0.15) is 30.6 Å². The molecule has 0 saturated carbocycles. The summed E-state index contributed by atoms with van der Waals surface area (Å²) in [4.78, 5) is 0. The fourth-order valence-corrected chi connectivity index (χ4v) is 3.80. The van der Waals surface area contributed by atoms with E-state index in [1.807, 2.05) is 25.1 Å². The molecular weight excluding hydrogens is 395 g/mol. The Morgan fingerprint density at radius 3 is 2.53 bits per heavy atom. The molecule has 0 amide bonds. The van der Waals surface area contributed by atoms with E-state index in [9.17, 15) is 13.2 Å². The number of hydrogen-bond acceptors (Lipinski definition) is 4. The second-order valence-electron chi connectivity index (χ2n) is 7.31. The third kappa shape index (κ3) is 3.54. The summed E-state index contributed by atoms with van der Waals surface area (Å²) in [5.41, 5.74) is 7.02. The van der Waals surface area contributed by atoms with E-state index in [4.69, 9.17) is 19.9 Å². The minimum Gasteiger partial charge on any atom is -0.493 e. The molecule has 2 N–H and O–H groups in total. The Bertz CT molecular complexity index is 1100. The lowest BCUT2D eigenvalue weighted by atomic mass is 9.90. The summed E-state index contributed by atoms with van der Waals surface area (Å²) in [6.07, 6.45) is 0.309. The van der Waals surface area contributed by atoms with Crippen molar-refractivity contribution in [1.29, 1.82) is 0 Å². The van der Waals surface area contributed by atoms with Gasteiger partial charge in [-0.15, -0.1) is 0 Å². The van der Waals surface area contributed by atoms with E-state index >= 15 is 0 Å². The minimum atomic E-state index is -1.25. The van der Waals surface area contributed by atoms with Crippen molar-refractivity contribution in [3.63, 3.8) is 0 Å². The van der Waals surface area contributed by atoms with Gasteiger partial charge in [-0.1, -0.05) is 13.0 Å². The van der Waals surface area contributed by atoms with Crippen molar-refractivity contribution in [2.45, 2.75) is 31.9 Å². The van der Waals surface area contributed by atoms with Crippen LogP contribution >= 0.6 is 0 Å². The molecule has 0 radical (unpaired) electrons. The summed E-state index contributed by atoms with van der Waals surface area (Å²) in [6.45, 7) is 2.59. The van der Waals surface area contributed by atoms with Crippen LogP contribution in [0.5, 0.6) is 17.2 Å². The van der Waals surface area contributed by atoms with Crippen LogP contribution in [0.15, 0.2) is 36.4 Å². The van der Waals surface area contributed by atoms with Crippen molar-refractivity contribution in [1.82, 2.24) is 0 Å². The predicted molar refractivity (Wildman–Crippen MR) is 108 cm³/mol. The monoisotopic (exact) mass is 417 g/mol. The van der Waals surface area contributed by atoms with Gasteiger partial charge in [0.1, 0.15) is 17.7 Å². The summed E-state index contributed by atoms with van der Waals surface area (Å²) in [7, 11) is 1.57. The molecule has 4 rings (SSSR count). The van der Waals surface area contributed by atoms with Crippen LogP contribution in [0.3, 0.4) is 0 Å². The highest BCUT2D eigenvalue weighted by atomic mass is 19.2. The maximum atomic E-state index is 14.3. The number of hydrogen-bond donors (Lipinski definition) is 1. The van der Waals surface area contributed by atoms with E-state index in [1.54, 1.807) is 13.2 Å². The minimum absolute atomic E-state index is 0.104.